The van der Waals surface area contributed by atoms with E-state index in [1.807, 2.05) is 23.7 Å². The average molecular weight is 209 g/mol. The summed E-state index contributed by atoms with van der Waals surface area (Å²) in [7, 11) is 0. The Bertz CT molecular complexity index is 408. The number of nitrogens with zero attached hydrogens (tertiary/aromatic N) is 1. The van der Waals surface area contributed by atoms with Crippen molar-refractivity contribution in [1.29, 1.82) is 0 Å². The van der Waals surface area contributed by atoms with Gasteiger partial charge in [-0.3, -0.25) is 4.79 Å². The fraction of sp³-hybridized carbons (Fsp3) is 0. The van der Waals surface area contributed by atoms with Gasteiger partial charge in [-0.25, -0.2) is 9.78 Å². The zero-order valence-corrected chi connectivity index (χ0v) is 7.90. The second kappa shape index (κ2) is 5.08. The van der Waals surface area contributed by atoms with Crippen LogP contribution in [-0.4, -0.2) is 22.3 Å². The minimum Gasteiger partial charge on any atom is -0.476 e. The number of hydrogen-bond acceptors (Lipinski definition) is 4. The third-order valence-corrected chi connectivity index (χ3v) is 2.15. The molecule has 0 radical (unpaired) electrons. The smallest absolute Gasteiger partial charge is 0.368 e. The predicted molar refractivity (Wildman–Crippen MR) is 53.3 cm³/mol. The Morgan fingerprint density at radius 1 is 1.43 bits per heavy atom. The number of aromatic nitrogens is 1. The Morgan fingerprint density at radius 2 is 2.07 bits per heavy atom. The first-order valence-corrected chi connectivity index (χ1v) is 4.58. The molecular formula is C9H7NO3S. The van der Waals surface area contributed by atoms with Gasteiger partial charge in [-0.1, -0.05) is 12.1 Å². The highest BCUT2D eigenvalue weighted by Gasteiger charge is 1.89. The Morgan fingerprint density at radius 3 is 2.64 bits per heavy atom. The van der Waals surface area contributed by atoms with Crippen molar-refractivity contribution in [3.8, 4) is 0 Å². The number of carboxylic acids is 1. The molecule has 2 aromatic rings. The number of aliphatic carboxylic acids is 1. The standard InChI is InChI=1S/C7H5NS.C2H2O3/c1-2-4-7-6(3-1)8-5-9-7;3-1-2(4)5/h1-5H;1H,(H,4,5). The summed E-state index contributed by atoms with van der Waals surface area (Å²) in [5, 5.41) is 7.35. The van der Waals surface area contributed by atoms with Crippen LogP contribution >= 0.6 is 11.3 Å². The van der Waals surface area contributed by atoms with Crippen molar-refractivity contribution in [2.75, 3.05) is 0 Å². The van der Waals surface area contributed by atoms with E-state index < -0.39 is 5.97 Å². The van der Waals surface area contributed by atoms with Crippen LogP contribution < -0.4 is 0 Å². The molecule has 0 aliphatic carbocycles. The van der Waals surface area contributed by atoms with E-state index in [1.165, 1.54) is 4.70 Å². The normalized spacial score (nSPS) is 8.86. The molecular weight excluding hydrogens is 202 g/mol. The Labute approximate surface area is 83.8 Å². The largest absolute Gasteiger partial charge is 0.476 e. The van der Waals surface area contributed by atoms with E-state index in [4.69, 9.17) is 14.7 Å². The summed E-state index contributed by atoms with van der Waals surface area (Å²) in [6, 6.07) is 8.13. The van der Waals surface area contributed by atoms with Gasteiger partial charge in [0, 0.05) is 0 Å². The Hall–Kier alpha value is -1.75. The predicted octanol–water partition coefficient (Wildman–Crippen LogP) is 1.57. The van der Waals surface area contributed by atoms with E-state index in [0.29, 0.717) is 0 Å². The second-order valence-electron chi connectivity index (χ2n) is 2.28. The second-order valence-corrected chi connectivity index (χ2v) is 3.16. The summed E-state index contributed by atoms with van der Waals surface area (Å²) in [5.74, 6) is -1.43. The maximum Gasteiger partial charge on any atom is 0.368 e. The molecule has 14 heavy (non-hydrogen) atoms. The first-order valence-electron chi connectivity index (χ1n) is 3.70. The summed E-state index contributed by atoms with van der Waals surface area (Å²) in [6.45, 7) is 0. The molecule has 4 nitrogen and oxygen atoms in total. The minimum absolute atomic E-state index is 0.167. The van der Waals surface area contributed by atoms with E-state index in [9.17, 15) is 0 Å². The van der Waals surface area contributed by atoms with E-state index in [0.717, 1.165) is 5.52 Å². The molecule has 0 aliphatic rings. The van der Waals surface area contributed by atoms with Crippen molar-refractivity contribution in [3.05, 3.63) is 29.8 Å². The van der Waals surface area contributed by atoms with Gasteiger partial charge in [0.15, 0.2) is 0 Å². The molecule has 0 aliphatic heterocycles. The van der Waals surface area contributed by atoms with E-state index in [-0.39, 0.29) is 6.29 Å². The summed E-state index contributed by atoms with van der Waals surface area (Å²) in [5.41, 5.74) is 2.97. The van der Waals surface area contributed by atoms with Gasteiger partial charge in [0.25, 0.3) is 0 Å². The third kappa shape index (κ3) is 2.95. The molecule has 1 heterocycles. The van der Waals surface area contributed by atoms with Gasteiger partial charge < -0.3 is 5.11 Å². The lowest BCUT2D eigenvalue weighted by Crippen LogP contribution is -1.91. The van der Waals surface area contributed by atoms with Gasteiger partial charge in [0.1, 0.15) is 0 Å². The van der Waals surface area contributed by atoms with Crippen LogP contribution in [0.25, 0.3) is 10.2 Å². The van der Waals surface area contributed by atoms with E-state index >= 15 is 0 Å². The molecule has 1 N–H and O–H groups in total. The molecule has 72 valence electrons. The third-order valence-electron chi connectivity index (χ3n) is 1.34. The SMILES string of the molecule is O=CC(=O)O.c1ccc2scnc2c1. The molecule has 0 amide bonds. The summed E-state index contributed by atoms with van der Waals surface area (Å²) in [6.07, 6.45) is -0.167. The van der Waals surface area contributed by atoms with Gasteiger partial charge >= 0.3 is 5.97 Å². The van der Waals surface area contributed by atoms with Gasteiger partial charge in [0.05, 0.1) is 15.7 Å². The zero-order valence-electron chi connectivity index (χ0n) is 7.08. The molecule has 1 aromatic carbocycles. The van der Waals surface area contributed by atoms with Crippen molar-refractivity contribution >= 4 is 33.8 Å². The molecule has 0 saturated heterocycles. The lowest BCUT2D eigenvalue weighted by Gasteiger charge is -1.80. The van der Waals surface area contributed by atoms with Gasteiger partial charge in [-0.05, 0) is 12.1 Å². The Kier molecular flexibility index (Phi) is 3.75. The molecule has 0 saturated carbocycles. The minimum atomic E-state index is -1.43. The monoisotopic (exact) mass is 209 g/mol. The fourth-order valence-electron chi connectivity index (χ4n) is 0.803. The molecule has 0 fully saturated rings. The number of carbonyl (C=O) groups is 2. The highest BCUT2D eigenvalue weighted by molar-refractivity contribution is 7.16. The number of benzene rings is 1. The number of aldehydes is 1. The number of hydrogen-bond donors (Lipinski definition) is 1. The van der Waals surface area contributed by atoms with Crippen LogP contribution in [0, 0.1) is 0 Å². The van der Waals surface area contributed by atoms with Crippen LogP contribution in [0.3, 0.4) is 0 Å². The maximum atomic E-state index is 9.00. The lowest BCUT2D eigenvalue weighted by atomic mass is 10.3. The van der Waals surface area contributed by atoms with Crippen molar-refractivity contribution in [3.63, 3.8) is 0 Å². The lowest BCUT2D eigenvalue weighted by molar-refractivity contribution is -0.143. The van der Waals surface area contributed by atoms with Crippen LogP contribution in [-0.2, 0) is 9.59 Å². The van der Waals surface area contributed by atoms with Crippen molar-refractivity contribution in [1.82, 2.24) is 4.98 Å². The first-order chi connectivity index (χ1) is 6.74. The zero-order chi connectivity index (χ0) is 10.4. The van der Waals surface area contributed by atoms with E-state index in [1.54, 1.807) is 11.3 Å². The topological polar surface area (TPSA) is 67.3 Å². The highest BCUT2D eigenvalue weighted by Crippen LogP contribution is 2.15. The number of rotatable bonds is 1. The van der Waals surface area contributed by atoms with Crippen molar-refractivity contribution in [2.24, 2.45) is 0 Å². The number of carbonyl (C=O) groups excluding carboxylic acids is 1. The van der Waals surface area contributed by atoms with Crippen LogP contribution in [0.1, 0.15) is 0 Å². The number of para-hydroxylation sites is 1. The number of thiazole rings is 1. The molecule has 0 atom stereocenters. The van der Waals surface area contributed by atoms with Crippen LogP contribution in [0.4, 0.5) is 0 Å². The van der Waals surface area contributed by atoms with Gasteiger partial charge in [-0.2, -0.15) is 0 Å². The molecule has 1 aromatic heterocycles. The van der Waals surface area contributed by atoms with E-state index in [2.05, 4.69) is 11.1 Å². The van der Waals surface area contributed by atoms with Crippen molar-refractivity contribution < 1.29 is 14.7 Å². The molecule has 0 unspecified atom stereocenters. The quantitative estimate of drug-likeness (QED) is 0.571. The summed E-state index contributed by atoms with van der Waals surface area (Å²) < 4.78 is 1.26. The van der Waals surface area contributed by atoms with Gasteiger partial charge in [0.2, 0.25) is 6.29 Å². The Balaban J connectivity index is 0.000000171. The van der Waals surface area contributed by atoms with Crippen LogP contribution in [0.15, 0.2) is 29.8 Å². The average Bonchev–Trinajstić information content (AvgIpc) is 2.66. The maximum absolute atomic E-state index is 9.00. The number of carboxylic acid groups (broad SMARTS) is 1. The van der Waals surface area contributed by atoms with Crippen molar-refractivity contribution in [2.45, 2.75) is 0 Å². The summed E-state index contributed by atoms with van der Waals surface area (Å²) >= 11 is 1.68. The molecule has 0 spiro atoms. The van der Waals surface area contributed by atoms with Gasteiger partial charge in [-0.15, -0.1) is 11.3 Å². The van der Waals surface area contributed by atoms with Crippen LogP contribution in [0.2, 0.25) is 0 Å². The molecule has 2 rings (SSSR count). The highest BCUT2D eigenvalue weighted by atomic mass is 32.1. The molecule has 5 heteroatoms. The first kappa shape index (κ1) is 10.3. The summed E-state index contributed by atoms with van der Waals surface area (Å²) in [4.78, 5) is 22.0. The van der Waals surface area contributed by atoms with Crippen LogP contribution in [0.5, 0.6) is 0 Å². The fourth-order valence-corrected chi connectivity index (χ4v) is 1.48. The number of fused-ring (bicyclic) bond motifs is 1. The molecule has 0 bridgehead atoms.